The Balaban J connectivity index is 2.75. The number of carbonyl (C=O) groups excluding carboxylic acids is 1. The lowest BCUT2D eigenvalue weighted by atomic mass is 10.2. The fourth-order valence-electron chi connectivity index (χ4n) is 1.50. The summed E-state index contributed by atoms with van der Waals surface area (Å²) in [6.45, 7) is 0. The summed E-state index contributed by atoms with van der Waals surface area (Å²) in [4.78, 5) is 18.5. The number of methoxy groups -OCH3 is 1. The highest BCUT2D eigenvalue weighted by molar-refractivity contribution is 9.10. The van der Waals surface area contributed by atoms with Gasteiger partial charge in [-0.25, -0.2) is 10.8 Å². The molecule has 0 aliphatic carbocycles. The van der Waals surface area contributed by atoms with Gasteiger partial charge < -0.3 is 9.72 Å². The lowest BCUT2D eigenvalue weighted by Crippen LogP contribution is -2.29. The molecule has 84 valence electrons. The van der Waals surface area contributed by atoms with Gasteiger partial charge in [0.1, 0.15) is 5.52 Å². The van der Waals surface area contributed by atoms with Crippen LogP contribution in [0.5, 0.6) is 5.88 Å². The summed E-state index contributed by atoms with van der Waals surface area (Å²) in [5, 5.41) is 0.690. The lowest BCUT2D eigenvalue weighted by molar-refractivity contribution is 0.0955. The molecule has 7 heteroatoms. The third-order valence-corrected chi connectivity index (χ3v) is 2.80. The lowest BCUT2D eigenvalue weighted by Gasteiger charge is -2.03. The molecule has 2 rings (SSSR count). The van der Waals surface area contributed by atoms with Crippen molar-refractivity contribution < 1.29 is 9.53 Å². The van der Waals surface area contributed by atoms with Crippen LogP contribution < -0.4 is 16.0 Å². The van der Waals surface area contributed by atoms with Gasteiger partial charge >= 0.3 is 0 Å². The standard InChI is InChI=1S/C9H9BrN4O2/c1-16-9-7-6(5(10)3-13-9)4(2-12-7)8(15)14-11/h2-3,12H,11H2,1H3,(H,14,15). The number of amides is 1. The van der Waals surface area contributed by atoms with Crippen LogP contribution in [0, 0.1) is 0 Å². The molecule has 0 aromatic carbocycles. The molecule has 6 nitrogen and oxygen atoms in total. The maximum Gasteiger partial charge on any atom is 0.267 e. The molecule has 0 bridgehead atoms. The van der Waals surface area contributed by atoms with Crippen molar-refractivity contribution in [3.8, 4) is 5.88 Å². The molecule has 0 spiro atoms. The highest BCUT2D eigenvalue weighted by Gasteiger charge is 2.16. The van der Waals surface area contributed by atoms with Gasteiger partial charge in [0.05, 0.1) is 12.7 Å². The van der Waals surface area contributed by atoms with E-state index in [1.807, 2.05) is 0 Å². The zero-order valence-corrected chi connectivity index (χ0v) is 9.96. The smallest absolute Gasteiger partial charge is 0.267 e. The number of carbonyl (C=O) groups is 1. The molecule has 0 aliphatic heterocycles. The summed E-state index contributed by atoms with van der Waals surface area (Å²) in [6, 6.07) is 0. The van der Waals surface area contributed by atoms with Crippen LogP contribution in [0.4, 0.5) is 0 Å². The van der Waals surface area contributed by atoms with Gasteiger partial charge in [-0.05, 0) is 15.9 Å². The van der Waals surface area contributed by atoms with E-state index in [0.717, 1.165) is 0 Å². The summed E-state index contributed by atoms with van der Waals surface area (Å²) < 4.78 is 5.78. The Bertz CT molecular complexity index is 552. The number of hydrogen-bond acceptors (Lipinski definition) is 4. The largest absolute Gasteiger partial charge is 0.479 e. The number of pyridine rings is 1. The Morgan fingerprint density at radius 3 is 3.06 bits per heavy atom. The average Bonchev–Trinajstić information content (AvgIpc) is 2.74. The number of H-pyrrole nitrogens is 1. The third-order valence-electron chi connectivity index (χ3n) is 2.20. The first-order valence-electron chi connectivity index (χ1n) is 4.39. The van der Waals surface area contributed by atoms with Gasteiger partial charge in [-0.2, -0.15) is 0 Å². The number of hydrogen-bond donors (Lipinski definition) is 3. The van der Waals surface area contributed by atoms with Gasteiger partial charge in [0.15, 0.2) is 0 Å². The molecule has 0 saturated heterocycles. The molecule has 0 radical (unpaired) electrons. The van der Waals surface area contributed by atoms with Gasteiger partial charge in [0, 0.05) is 22.3 Å². The van der Waals surface area contributed by atoms with Crippen molar-refractivity contribution in [2.24, 2.45) is 5.84 Å². The minimum absolute atomic E-state index is 0.375. The van der Waals surface area contributed by atoms with Crippen molar-refractivity contribution >= 4 is 32.7 Å². The molecule has 2 heterocycles. The normalized spacial score (nSPS) is 10.4. The zero-order chi connectivity index (χ0) is 11.7. The van der Waals surface area contributed by atoms with E-state index in [-0.39, 0.29) is 5.91 Å². The molecule has 2 aromatic rings. The summed E-state index contributed by atoms with van der Waals surface area (Å²) in [7, 11) is 1.51. The highest BCUT2D eigenvalue weighted by atomic mass is 79.9. The van der Waals surface area contributed by atoms with Gasteiger partial charge in [0.2, 0.25) is 5.88 Å². The van der Waals surface area contributed by atoms with Crippen LogP contribution in [-0.4, -0.2) is 23.0 Å². The first-order valence-corrected chi connectivity index (χ1v) is 5.18. The Labute approximate surface area is 99.3 Å². The predicted molar refractivity (Wildman–Crippen MR) is 62.0 cm³/mol. The Kier molecular flexibility index (Phi) is 2.80. The number of aromatic amines is 1. The molecule has 0 saturated carbocycles. The van der Waals surface area contributed by atoms with Crippen LogP contribution in [0.25, 0.3) is 10.9 Å². The SMILES string of the molecule is COc1ncc(Br)c2c(C(=O)NN)c[nH]c12. The quantitative estimate of drug-likeness (QED) is 0.435. The third kappa shape index (κ3) is 1.54. The van der Waals surface area contributed by atoms with E-state index in [9.17, 15) is 4.79 Å². The first-order chi connectivity index (χ1) is 7.69. The van der Waals surface area contributed by atoms with Crippen molar-refractivity contribution in [2.75, 3.05) is 7.11 Å². The van der Waals surface area contributed by atoms with Crippen LogP contribution >= 0.6 is 15.9 Å². The van der Waals surface area contributed by atoms with Gasteiger partial charge in [0.25, 0.3) is 5.91 Å². The van der Waals surface area contributed by atoms with Crippen molar-refractivity contribution in [1.29, 1.82) is 0 Å². The molecule has 2 aromatic heterocycles. The van der Waals surface area contributed by atoms with E-state index in [1.165, 1.54) is 7.11 Å². The fraction of sp³-hybridized carbons (Fsp3) is 0.111. The molecule has 0 atom stereocenters. The van der Waals surface area contributed by atoms with Crippen LogP contribution in [0.15, 0.2) is 16.9 Å². The Hall–Kier alpha value is -1.60. The number of ether oxygens (including phenoxy) is 1. The molecule has 0 aliphatic rings. The number of nitrogens with zero attached hydrogens (tertiary/aromatic N) is 1. The van der Waals surface area contributed by atoms with Crippen LogP contribution in [0.3, 0.4) is 0 Å². The number of nitrogens with one attached hydrogen (secondary N) is 2. The van der Waals surface area contributed by atoms with E-state index in [0.29, 0.717) is 26.8 Å². The number of rotatable bonds is 2. The van der Waals surface area contributed by atoms with Gasteiger partial charge in [-0.15, -0.1) is 0 Å². The topological polar surface area (TPSA) is 93.0 Å². The van der Waals surface area contributed by atoms with Gasteiger partial charge in [-0.3, -0.25) is 10.2 Å². The van der Waals surface area contributed by atoms with Crippen LogP contribution in [0.2, 0.25) is 0 Å². The van der Waals surface area contributed by atoms with Gasteiger partial charge in [-0.1, -0.05) is 0 Å². The van der Waals surface area contributed by atoms with Crippen molar-refractivity contribution in [1.82, 2.24) is 15.4 Å². The predicted octanol–water partition coefficient (Wildman–Crippen LogP) is 0.938. The molecule has 0 fully saturated rings. The maximum atomic E-state index is 11.5. The minimum Gasteiger partial charge on any atom is -0.479 e. The number of nitrogen functional groups attached to an aromatic ring is 1. The summed E-state index contributed by atoms with van der Waals surface area (Å²) in [6.07, 6.45) is 3.13. The zero-order valence-electron chi connectivity index (χ0n) is 8.37. The Morgan fingerprint density at radius 2 is 2.44 bits per heavy atom. The van der Waals surface area contributed by atoms with Crippen LogP contribution in [-0.2, 0) is 0 Å². The van der Waals surface area contributed by atoms with E-state index < -0.39 is 0 Å². The fourth-order valence-corrected chi connectivity index (χ4v) is 2.01. The minimum atomic E-state index is -0.375. The second-order valence-corrected chi connectivity index (χ2v) is 3.90. The van der Waals surface area contributed by atoms with Crippen LogP contribution in [0.1, 0.15) is 10.4 Å². The molecule has 16 heavy (non-hydrogen) atoms. The van der Waals surface area contributed by atoms with Crippen molar-refractivity contribution in [2.45, 2.75) is 0 Å². The number of aromatic nitrogens is 2. The Morgan fingerprint density at radius 1 is 1.69 bits per heavy atom. The number of nitrogens with two attached hydrogens (primary N) is 1. The van der Waals surface area contributed by atoms with Crippen molar-refractivity contribution in [3.05, 3.63) is 22.4 Å². The van der Waals surface area contributed by atoms with E-state index in [1.54, 1.807) is 12.4 Å². The second-order valence-electron chi connectivity index (χ2n) is 3.04. The number of fused-ring (bicyclic) bond motifs is 1. The number of halogens is 1. The first kappa shape index (κ1) is 10.9. The summed E-state index contributed by atoms with van der Waals surface area (Å²) >= 11 is 3.33. The van der Waals surface area contributed by atoms with Crippen molar-refractivity contribution in [3.63, 3.8) is 0 Å². The maximum absolute atomic E-state index is 11.5. The number of hydrazine groups is 1. The summed E-state index contributed by atoms with van der Waals surface area (Å²) in [5.41, 5.74) is 3.17. The second kappa shape index (κ2) is 4.11. The molecule has 1 amide bonds. The highest BCUT2D eigenvalue weighted by Crippen LogP contribution is 2.31. The molecule has 4 N–H and O–H groups in total. The van der Waals surface area contributed by atoms with E-state index in [2.05, 4.69) is 31.3 Å². The molecule has 0 unspecified atom stereocenters. The monoisotopic (exact) mass is 284 g/mol. The average molecular weight is 285 g/mol. The van der Waals surface area contributed by atoms with E-state index >= 15 is 0 Å². The summed E-state index contributed by atoms with van der Waals surface area (Å²) in [5.74, 6) is 5.15. The van der Waals surface area contributed by atoms with E-state index in [4.69, 9.17) is 10.6 Å². The molecular weight excluding hydrogens is 276 g/mol. The molecular formula is C9H9BrN4O2.